The van der Waals surface area contributed by atoms with Crippen LogP contribution in [0.15, 0.2) is 24.3 Å². The standard InChI is InChI=1S/C13H18F3N3/c1-18-5-7-19(8-6-18)17-10-11-3-2-4-12(9-11)13(14,15)16/h2-4,9,17H,5-8,10H2,1H3. The van der Waals surface area contributed by atoms with Crippen LogP contribution in [0.2, 0.25) is 0 Å². The molecule has 3 nitrogen and oxygen atoms in total. The molecule has 6 heteroatoms. The molecule has 0 radical (unpaired) electrons. The first-order valence-electron chi connectivity index (χ1n) is 6.28. The van der Waals surface area contributed by atoms with Crippen LogP contribution in [0.25, 0.3) is 0 Å². The van der Waals surface area contributed by atoms with E-state index >= 15 is 0 Å². The van der Waals surface area contributed by atoms with E-state index in [1.165, 1.54) is 12.1 Å². The number of rotatable bonds is 3. The molecule has 1 heterocycles. The maximum atomic E-state index is 12.6. The van der Waals surface area contributed by atoms with Gasteiger partial charge < -0.3 is 4.90 Å². The zero-order valence-corrected chi connectivity index (χ0v) is 10.9. The first-order valence-corrected chi connectivity index (χ1v) is 6.28. The van der Waals surface area contributed by atoms with E-state index in [0.29, 0.717) is 12.1 Å². The van der Waals surface area contributed by atoms with Crippen molar-refractivity contribution in [1.82, 2.24) is 15.3 Å². The summed E-state index contributed by atoms with van der Waals surface area (Å²) < 4.78 is 37.7. The van der Waals surface area contributed by atoms with Crippen molar-refractivity contribution in [2.45, 2.75) is 12.7 Å². The molecule has 19 heavy (non-hydrogen) atoms. The lowest BCUT2D eigenvalue weighted by molar-refractivity contribution is -0.137. The summed E-state index contributed by atoms with van der Waals surface area (Å²) in [5.74, 6) is 0. The number of piperazine rings is 1. The Morgan fingerprint density at radius 1 is 1.16 bits per heavy atom. The zero-order valence-electron chi connectivity index (χ0n) is 10.9. The van der Waals surface area contributed by atoms with Gasteiger partial charge in [-0.1, -0.05) is 18.2 Å². The lowest BCUT2D eigenvalue weighted by atomic mass is 10.1. The van der Waals surface area contributed by atoms with Gasteiger partial charge in [0.2, 0.25) is 0 Å². The number of nitrogens with zero attached hydrogens (tertiary/aromatic N) is 2. The van der Waals surface area contributed by atoms with Crippen LogP contribution >= 0.6 is 0 Å². The van der Waals surface area contributed by atoms with Gasteiger partial charge in [-0.3, -0.25) is 5.43 Å². The van der Waals surface area contributed by atoms with E-state index in [1.54, 1.807) is 6.07 Å². The van der Waals surface area contributed by atoms with Gasteiger partial charge in [-0.15, -0.1) is 0 Å². The topological polar surface area (TPSA) is 18.5 Å². The van der Waals surface area contributed by atoms with Crippen molar-refractivity contribution in [3.8, 4) is 0 Å². The molecule has 0 amide bonds. The summed E-state index contributed by atoms with van der Waals surface area (Å²) in [6.45, 7) is 4.13. The van der Waals surface area contributed by atoms with Crippen LogP contribution in [-0.2, 0) is 12.7 Å². The Morgan fingerprint density at radius 2 is 1.84 bits per heavy atom. The SMILES string of the molecule is CN1CCN(NCc2cccc(C(F)(F)F)c2)CC1. The van der Waals surface area contributed by atoms with E-state index < -0.39 is 11.7 Å². The third-order valence-corrected chi connectivity index (χ3v) is 3.26. The summed E-state index contributed by atoms with van der Waals surface area (Å²) >= 11 is 0. The van der Waals surface area contributed by atoms with Crippen molar-refractivity contribution in [2.75, 3.05) is 33.2 Å². The Bertz CT molecular complexity index is 412. The van der Waals surface area contributed by atoms with E-state index in [4.69, 9.17) is 0 Å². The van der Waals surface area contributed by atoms with Crippen LogP contribution in [0.4, 0.5) is 13.2 Å². The van der Waals surface area contributed by atoms with Gasteiger partial charge in [0.1, 0.15) is 0 Å². The van der Waals surface area contributed by atoms with Gasteiger partial charge in [0.05, 0.1) is 5.56 Å². The number of hydrogen-bond donors (Lipinski definition) is 1. The second-order valence-corrected chi connectivity index (χ2v) is 4.82. The highest BCUT2D eigenvalue weighted by Gasteiger charge is 2.30. The minimum absolute atomic E-state index is 0.424. The first-order chi connectivity index (χ1) is 8.95. The molecule has 1 aliphatic rings. The molecule has 0 aromatic heterocycles. The summed E-state index contributed by atoms with van der Waals surface area (Å²) in [6.07, 6.45) is -4.27. The molecule has 0 spiro atoms. The fourth-order valence-corrected chi connectivity index (χ4v) is 2.03. The maximum Gasteiger partial charge on any atom is 0.416 e. The van der Waals surface area contributed by atoms with Gasteiger partial charge in [0.15, 0.2) is 0 Å². The predicted octanol–water partition coefficient (Wildman–Crippen LogP) is 1.96. The van der Waals surface area contributed by atoms with Crippen LogP contribution in [0.1, 0.15) is 11.1 Å². The van der Waals surface area contributed by atoms with Crippen LogP contribution in [0.3, 0.4) is 0 Å². The van der Waals surface area contributed by atoms with Crippen molar-refractivity contribution in [1.29, 1.82) is 0 Å². The number of hydrogen-bond acceptors (Lipinski definition) is 3. The molecular weight excluding hydrogens is 255 g/mol. The van der Waals surface area contributed by atoms with Gasteiger partial charge in [-0.2, -0.15) is 13.2 Å². The summed E-state index contributed by atoms with van der Waals surface area (Å²) in [6, 6.07) is 5.45. The van der Waals surface area contributed by atoms with Gasteiger partial charge in [0.25, 0.3) is 0 Å². The quantitative estimate of drug-likeness (QED) is 0.908. The van der Waals surface area contributed by atoms with Gasteiger partial charge in [-0.05, 0) is 18.7 Å². The van der Waals surface area contributed by atoms with Crippen molar-refractivity contribution in [2.24, 2.45) is 0 Å². The summed E-state index contributed by atoms with van der Waals surface area (Å²) in [7, 11) is 2.06. The molecule has 0 bridgehead atoms. The van der Waals surface area contributed by atoms with E-state index in [0.717, 1.165) is 32.2 Å². The molecule has 1 fully saturated rings. The second kappa shape index (κ2) is 5.90. The highest BCUT2D eigenvalue weighted by atomic mass is 19.4. The highest BCUT2D eigenvalue weighted by molar-refractivity contribution is 5.25. The molecule has 1 aromatic carbocycles. The molecule has 0 unspecified atom stereocenters. The third kappa shape index (κ3) is 4.19. The Labute approximate surface area is 111 Å². The lowest BCUT2D eigenvalue weighted by Crippen LogP contribution is -2.50. The molecule has 0 atom stereocenters. The molecule has 0 saturated carbocycles. The van der Waals surface area contributed by atoms with Crippen molar-refractivity contribution >= 4 is 0 Å². The number of alkyl halides is 3. The van der Waals surface area contributed by atoms with Crippen LogP contribution in [-0.4, -0.2) is 43.1 Å². The van der Waals surface area contributed by atoms with Crippen molar-refractivity contribution in [3.63, 3.8) is 0 Å². The van der Waals surface area contributed by atoms with Gasteiger partial charge >= 0.3 is 6.18 Å². The fraction of sp³-hybridized carbons (Fsp3) is 0.538. The second-order valence-electron chi connectivity index (χ2n) is 4.82. The number of nitrogens with one attached hydrogen (secondary N) is 1. The molecule has 2 rings (SSSR count). The van der Waals surface area contributed by atoms with Gasteiger partial charge in [0, 0.05) is 32.7 Å². The summed E-state index contributed by atoms with van der Waals surface area (Å²) in [5, 5.41) is 2.06. The highest BCUT2D eigenvalue weighted by Crippen LogP contribution is 2.29. The number of hydrazine groups is 1. The minimum atomic E-state index is -4.27. The lowest BCUT2D eigenvalue weighted by Gasteiger charge is -2.32. The van der Waals surface area contributed by atoms with Gasteiger partial charge in [-0.25, -0.2) is 5.01 Å². The van der Waals surface area contributed by atoms with Crippen LogP contribution in [0, 0.1) is 0 Å². The third-order valence-electron chi connectivity index (χ3n) is 3.26. The largest absolute Gasteiger partial charge is 0.416 e. The number of benzene rings is 1. The number of likely N-dealkylation sites (N-methyl/N-ethyl adjacent to an activating group) is 1. The fourth-order valence-electron chi connectivity index (χ4n) is 2.03. The smallest absolute Gasteiger partial charge is 0.304 e. The Kier molecular flexibility index (Phi) is 4.44. The van der Waals surface area contributed by atoms with E-state index in [2.05, 4.69) is 22.4 Å². The average molecular weight is 273 g/mol. The van der Waals surface area contributed by atoms with Crippen LogP contribution in [0.5, 0.6) is 0 Å². The van der Waals surface area contributed by atoms with Crippen molar-refractivity contribution in [3.05, 3.63) is 35.4 Å². The molecule has 0 aliphatic carbocycles. The molecule has 106 valence electrons. The summed E-state index contributed by atoms with van der Waals surface area (Å²) in [4.78, 5) is 2.22. The molecule has 1 saturated heterocycles. The normalized spacial score (nSPS) is 18.7. The van der Waals surface area contributed by atoms with Crippen molar-refractivity contribution < 1.29 is 13.2 Å². The maximum absolute atomic E-state index is 12.6. The van der Waals surface area contributed by atoms with Crippen LogP contribution < -0.4 is 5.43 Å². The zero-order chi connectivity index (χ0) is 13.9. The van der Waals surface area contributed by atoms with E-state index in [1.807, 2.05) is 0 Å². The molecule has 1 aliphatic heterocycles. The first kappa shape index (κ1) is 14.3. The Morgan fingerprint density at radius 3 is 2.47 bits per heavy atom. The summed E-state index contributed by atoms with van der Waals surface area (Å²) in [5.41, 5.74) is 3.23. The number of halogens is 3. The van der Waals surface area contributed by atoms with E-state index in [-0.39, 0.29) is 0 Å². The Balaban J connectivity index is 1.89. The monoisotopic (exact) mass is 273 g/mol. The molecule has 1 aromatic rings. The predicted molar refractivity (Wildman–Crippen MR) is 67.4 cm³/mol. The van der Waals surface area contributed by atoms with E-state index in [9.17, 15) is 13.2 Å². The molecule has 1 N–H and O–H groups in total. The molecular formula is C13H18F3N3. The average Bonchev–Trinajstić information content (AvgIpc) is 2.37. The Hall–Kier alpha value is -1.11. The minimum Gasteiger partial charge on any atom is -0.304 e.